The molecule has 0 saturated heterocycles. The SMILES string of the molecule is c1ccc(-c2nc(-c3cccc(-c4ccc5c(c4)oc4ccccc45)c3)cc(-c3ccc4c(c3)-c3ccccc3C4(c3ccccc3)c3ccccc3)n2)cc1. The molecule has 1 aliphatic carbocycles. The number of hydrogen-bond acceptors (Lipinski definition) is 3. The van der Waals surface area contributed by atoms with Crippen molar-refractivity contribution >= 4 is 21.9 Å². The van der Waals surface area contributed by atoms with E-state index in [1.807, 2.05) is 30.3 Å². The fourth-order valence-electron chi connectivity index (χ4n) is 8.83. The predicted molar refractivity (Wildman–Crippen MR) is 228 cm³/mol. The van der Waals surface area contributed by atoms with Crippen molar-refractivity contribution in [3.63, 3.8) is 0 Å². The summed E-state index contributed by atoms with van der Waals surface area (Å²) in [4.78, 5) is 10.4. The van der Waals surface area contributed by atoms with Crippen molar-refractivity contribution in [3.05, 3.63) is 229 Å². The van der Waals surface area contributed by atoms with Gasteiger partial charge in [-0.1, -0.05) is 170 Å². The number of aromatic nitrogens is 2. The van der Waals surface area contributed by atoms with E-state index >= 15 is 0 Å². The Morgan fingerprint density at radius 3 is 1.66 bits per heavy atom. The molecule has 0 bridgehead atoms. The normalized spacial score (nSPS) is 12.8. The van der Waals surface area contributed by atoms with Crippen LogP contribution in [0.5, 0.6) is 0 Å². The summed E-state index contributed by atoms with van der Waals surface area (Å²) in [7, 11) is 0. The molecule has 56 heavy (non-hydrogen) atoms. The van der Waals surface area contributed by atoms with Gasteiger partial charge in [-0.05, 0) is 80.9 Å². The molecule has 0 spiro atoms. The number of rotatable bonds is 6. The van der Waals surface area contributed by atoms with Gasteiger partial charge in [0.05, 0.1) is 16.8 Å². The lowest BCUT2D eigenvalue weighted by Gasteiger charge is -2.33. The third-order valence-electron chi connectivity index (χ3n) is 11.4. The smallest absolute Gasteiger partial charge is 0.160 e. The van der Waals surface area contributed by atoms with E-state index in [-0.39, 0.29) is 0 Å². The summed E-state index contributed by atoms with van der Waals surface area (Å²) in [6.07, 6.45) is 0. The molecule has 0 amide bonds. The lowest BCUT2D eigenvalue weighted by molar-refractivity contribution is 0.669. The molecule has 0 saturated carbocycles. The van der Waals surface area contributed by atoms with Gasteiger partial charge in [0.15, 0.2) is 5.82 Å². The minimum atomic E-state index is -0.454. The summed E-state index contributed by atoms with van der Waals surface area (Å²) < 4.78 is 6.25. The number of benzene rings is 8. The first kappa shape index (κ1) is 32.1. The molecule has 0 radical (unpaired) electrons. The van der Waals surface area contributed by atoms with Gasteiger partial charge in [-0.15, -0.1) is 0 Å². The van der Waals surface area contributed by atoms with Gasteiger partial charge in [-0.2, -0.15) is 0 Å². The van der Waals surface area contributed by atoms with Crippen molar-refractivity contribution < 1.29 is 4.42 Å². The molecular formula is C53H34N2O. The van der Waals surface area contributed by atoms with Crippen molar-refractivity contribution in [2.75, 3.05) is 0 Å². The average molecular weight is 715 g/mol. The van der Waals surface area contributed by atoms with Crippen molar-refractivity contribution in [2.45, 2.75) is 5.41 Å². The monoisotopic (exact) mass is 714 g/mol. The van der Waals surface area contributed by atoms with E-state index in [1.54, 1.807) is 0 Å². The molecule has 3 heteroatoms. The van der Waals surface area contributed by atoms with Crippen LogP contribution in [-0.2, 0) is 5.41 Å². The lowest BCUT2D eigenvalue weighted by atomic mass is 9.67. The van der Waals surface area contributed by atoms with Gasteiger partial charge in [-0.3, -0.25) is 0 Å². The van der Waals surface area contributed by atoms with Crippen molar-refractivity contribution in [1.82, 2.24) is 9.97 Å². The molecule has 0 N–H and O–H groups in total. The van der Waals surface area contributed by atoms with Gasteiger partial charge in [-0.25, -0.2) is 9.97 Å². The van der Waals surface area contributed by atoms with Crippen LogP contribution in [0.15, 0.2) is 211 Å². The van der Waals surface area contributed by atoms with Crippen molar-refractivity contribution in [1.29, 1.82) is 0 Å². The molecule has 3 nitrogen and oxygen atoms in total. The first-order valence-electron chi connectivity index (χ1n) is 19.1. The van der Waals surface area contributed by atoms with Gasteiger partial charge >= 0.3 is 0 Å². The molecule has 11 rings (SSSR count). The summed E-state index contributed by atoms with van der Waals surface area (Å²) >= 11 is 0. The highest BCUT2D eigenvalue weighted by Gasteiger charge is 2.46. The van der Waals surface area contributed by atoms with E-state index in [9.17, 15) is 0 Å². The second-order valence-electron chi connectivity index (χ2n) is 14.5. The number of nitrogens with zero attached hydrogens (tertiary/aromatic N) is 2. The first-order valence-corrected chi connectivity index (χ1v) is 19.1. The highest BCUT2D eigenvalue weighted by atomic mass is 16.3. The van der Waals surface area contributed by atoms with Crippen LogP contribution in [0.3, 0.4) is 0 Å². The molecule has 262 valence electrons. The van der Waals surface area contributed by atoms with Crippen LogP contribution < -0.4 is 0 Å². The van der Waals surface area contributed by atoms with E-state index in [4.69, 9.17) is 14.4 Å². The zero-order chi connectivity index (χ0) is 37.1. The van der Waals surface area contributed by atoms with Gasteiger partial charge in [0.1, 0.15) is 11.2 Å². The summed E-state index contributed by atoms with van der Waals surface area (Å²) in [5.74, 6) is 0.691. The number of para-hydroxylation sites is 1. The quantitative estimate of drug-likeness (QED) is 0.172. The number of hydrogen-bond donors (Lipinski definition) is 0. The molecule has 0 atom stereocenters. The van der Waals surface area contributed by atoms with Gasteiger partial charge < -0.3 is 4.42 Å². The maximum absolute atomic E-state index is 6.25. The van der Waals surface area contributed by atoms with Gasteiger partial charge in [0.2, 0.25) is 0 Å². The number of furan rings is 1. The van der Waals surface area contributed by atoms with Crippen molar-refractivity contribution in [3.8, 4) is 56.2 Å². The summed E-state index contributed by atoms with van der Waals surface area (Å²) in [6.45, 7) is 0. The topological polar surface area (TPSA) is 38.9 Å². The van der Waals surface area contributed by atoms with E-state index < -0.39 is 5.41 Å². The van der Waals surface area contributed by atoms with Gasteiger partial charge in [0.25, 0.3) is 0 Å². The second kappa shape index (κ2) is 12.9. The molecule has 0 fully saturated rings. The Labute approximate surface area is 325 Å². The molecule has 10 aromatic rings. The third-order valence-corrected chi connectivity index (χ3v) is 11.4. The Balaban J connectivity index is 1.07. The molecule has 0 aliphatic heterocycles. The second-order valence-corrected chi connectivity index (χ2v) is 14.5. The van der Waals surface area contributed by atoms with E-state index in [2.05, 4.69) is 176 Å². The molecule has 2 heterocycles. The van der Waals surface area contributed by atoms with Crippen LogP contribution in [-0.4, -0.2) is 9.97 Å². The highest BCUT2D eigenvalue weighted by molar-refractivity contribution is 6.06. The highest BCUT2D eigenvalue weighted by Crippen LogP contribution is 2.56. The fourth-order valence-corrected chi connectivity index (χ4v) is 8.83. The molecular weight excluding hydrogens is 681 g/mol. The maximum atomic E-state index is 6.25. The van der Waals surface area contributed by atoms with Crippen LogP contribution >= 0.6 is 0 Å². The van der Waals surface area contributed by atoms with E-state index in [0.29, 0.717) is 5.82 Å². The van der Waals surface area contributed by atoms with E-state index in [1.165, 1.54) is 33.4 Å². The first-order chi connectivity index (χ1) is 27.7. The molecule has 0 unspecified atom stereocenters. The van der Waals surface area contributed by atoms with Crippen LogP contribution in [0, 0.1) is 0 Å². The van der Waals surface area contributed by atoms with Gasteiger partial charge in [0, 0.05) is 27.5 Å². The summed E-state index contributed by atoms with van der Waals surface area (Å²) in [5, 5.41) is 2.25. The Morgan fingerprint density at radius 2 is 0.893 bits per heavy atom. The fraction of sp³-hybridized carbons (Fsp3) is 0.0189. The molecule has 8 aromatic carbocycles. The molecule has 1 aliphatic rings. The average Bonchev–Trinajstić information content (AvgIpc) is 3.80. The Hall–Kier alpha value is -7.36. The Morgan fingerprint density at radius 1 is 0.339 bits per heavy atom. The number of fused-ring (bicyclic) bond motifs is 6. The Bertz CT molecular complexity index is 3040. The van der Waals surface area contributed by atoms with E-state index in [0.717, 1.165) is 61.1 Å². The zero-order valence-corrected chi connectivity index (χ0v) is 30.4. The minimum Gasteiger partial charge on any atom is -0.456 e. The third kappa shape index (κ3) is 5.05. The summed E-state index contributed by atoms with van der Waals surface area (Å²) in [5.41, 5.74) is 15.8. The van der Waals surface area contributed by atoms with Crippen LogP contribution in [0.2, 0.25) is 0 Å². The van der Waals surface area contributed by atoms with Crippen LogP contribution in [0.4, 0.5) is 0 Å². The Kier molecular flexibility index (Phi) is 7.39. The van der Waals surface area contributed by atoms with Crippen molar-refractivity contribution in [2.24, 2.45) is 0 Å². The summed E-state index contributed by atoms with van der Waals surface area (Å²) in [6, 6.07) is 73.3. The molecule has 2 aromatic heterocycles. The lowest BCUT2D eigenvalue weighted by Crippen LogP contribution is -2.28. The maximum Gasteiger partial charge on any atom is 0.160 e. The predicted octanol–water partition coefficient (Wildman–Crippen LogP) is 13.4. The largest absolute Gasteiger partial charge is 0.456 e. The zero-order valence-electron chi connectivity index (χ0n) is 30.4. The van der Waals surface area contributed by atoms with Crippen LogP contribution in [0.25, 0.3) is 78.1 Å². The minimum absolute atomic E-state index is 0.454. The van der Waals surface area contributed by atoms with Crippen LogP contribution in [0.1, 0.15) is 22.3 Å². The standard InChI is InChI=1S/C53H34N2O/c1-4-15-35(16-5-1)52-54-48(38-18-14-17-36(31-38)37-27-29-44-43-24-11-13-26-50(43)56-51(44)33-37)34-49(55-52)39-28-30-47-45(32-39)42-23-10-12-25-46(42)53(47,40-19-6-2-7-20-40)41-21-8-3-9-22-41/h1-34H.